The number of methoxy groups -OCH3 is 1. The molecule has 5 aromatic rings. The summed E-state index contributed by atoms with van der Waals surface area (Å²) in [6.07, 6.45) is 1.51. The first-order valence-corrected chi connectivity index (χ1v) is 10.1. The van der Waals surface area contributed by atoms with Gasteiger partial charge in [0.15, 0.2) is 11.3 Å². The lowest BCUT2D eigenvalue weighted by molar-refractivity contribution is 0.0593. The number of hydrogen-bond donors (Lipinski definition) is 1. The number of nitrogen functional groups attached to an aromatic ring is 1. The van der Waals surface area contributed by atoms with Crippen molar-refractivity contribution in [2.24, 2.45) is 0 Å². The monoisotopic (exact) mass is 434 g/mol. The number of nitrogens with two attached hydrogens (primary N) is 1. The number of hydrogen-bond acceptors (Lipinski definition) is 6. The van der Waals surface area contributed by atoms with E-state index in [0.29, 0.717) is 22.7 Å². The molecule has 5 rings (SSSR count). The normalized spacial score (nSPS) is 10.8. The molecule has 0 saturated heterocycles. The van der Waals surface area contributed by atoms with E-state index in [9.17, 15) is 10.1 Å². The minimum atomic E-state index is -0.631. The standard InChI is InChI=1S/C26H18N4O3/c1-32-26(31)24-23(28)19(14-27)15-30(24)20-11-12-22-21(13-20)29-25(33-22)18-9-7-17(8-10-18)16-5-3-2-4-6-16/h2-13,15H,28H2,1H3. The Bertz CT molecular complexity index is 1520. The Morgan fingerprint density at radius 2 is 1.73 bits per heavy atom. The van der Waals surface area contributed by atoms with Gasteiger partial charge in [-0.3, -0.25) is 0 Å². The van der Waals surface area contributed by atoms with Gasteiger partial charge in [-0.2, -0.15) is 5.26 Å². The van der Waals surface area contributed by atoms with Crippen LogP contribution in [0.5, 0.6) is 0 Å². The summed E-state index contributed by atoms with van der Waals surface area (Å²) in [5, 5.41) is 9.33. The highest BCUT2D eigenvalue weighted by Crippen LogP contribution is 2.30. The van der Waals surface area contributed by atoms with Crippen LogP contribution in [0.4, 0.5) is 5.69 Å². The van der Waals surface area contributed by atoms with Crippen LogP contribution in [0.3, 0.4) is 0 Å². The Balaban J connectivity index is 1.53. The summed E-state index contributed by atoms with van der Waals surface area (Å²) in [5.41, 5.74) is 11.2. The van der Waals surface area contributed by atoms with Crippen LogP contribution in [0.2, 0.25) is 0 Å². The van der Waals surface area contributed by atoms with Crippen molar-refractivity contribution >= 4 is 22.8 Å². The molecule has 0 amide bonds. The molecule has 0 aliphatic heterocycles. The molecule has 0 atom stereocenters. The number of esters is 1. The van der Waals surface area contributed by atoms with Gasteiger partial charge in [0.1, 0.15) is 11.6 Å². The van der Waals surface area contributed by atoms with Crippen LogP contribution in [0.15, 0.2) is 83.4 Å². The molecule has 0 unspecified atom stereocenters. The molecule has 2 heterocycles. The van der Waals surface area contributed by atoms with E-state index in [2.05, 4.69) is 17.1 Å². The van der Waals surface area contributed by atoms with Crippen LogP contribution in [0.1, 0.15) is 16.1 Å². The van der Waals surface area contributed by atoms with Gasteiger partial charge in [-0.1, -0.05) is 42.5 Å². The smallest absolute Gasteiger partial charge is 0.357 e. The second-order valence-electron chi connectivity index (χ2n) is 7.39. The zero-order chi connectivity index (χ0) is 22.9. The van der Waals surface area contributed by atoms with Crippen LogP contribution in [-0.2, 0) is 4.74 Å². The minimum Gasteiger partial charge on any atom is -0.464 e. The van der Waals surface area contributed by atoms with Crippen molar-refractivity contribution in [3.05, 3.63) is 90.3 Å². The van der Waals surface area contributed by atoms with Crippen LogP contribution in [0, 0.1) is 11.3 Å². The fraction of sp³-hybridized carbons (Fsp3) is 0.0385. The third-order valence-electron chi connectivity index (χ3n) is 5.43. The van der Waals surface area contributed by atoms with Crippen molar-refractivity contribution in [3.63, 3.8) is 0 Å². The third-order valence-corrected chi connectivity index (χ3v) is 5.43. The van der Waals surface area contributed by atoms with Gasteiger partial charge >= 0.3 is 5.97 Å². The van der Waals surface area contributed by atoms with E-state index in [0.717, 1.165) is 16.7 Å². The lowest BCUT2D eigenvalue weighted by atomic mass is 10.0. The fourth-order valence-corrected chi connectivity index (χ4v) is 3.74. The second kappa shape index (κ2) is 8.02. The molecular weight excluding hydrogens is 416 g/mol. The minimum absolute atomic E-state index is 0.0730. The van der Waals surface area contributed by atoms with Gasteiger partial charge < -0.3 is 19.5 Å². The molecule has 0 saturated carbocycles. The van der Waals surface area contributed by atoms with Crippen molar-refractivity contribution in [1.29, 1.82) is 5.26 Å². The van der Waals surface area contributed by atoms with Gasteiger partial charge in [-0.25, -0.2) is 9.78 Å². The molecule has 0 aliphatic rings. The number of benzene rings is 3. The fourth-order valence-electron chi connectivity index (χ4n) is 3.74. The molecule has 2 aromatic heterocycles. The largest absolute Gasteiger partial charge is 0.464 e. The zero-order valence-electron chi connectivity index (χ0n) is 17.6. The topological polar surface area (TPSA) is 107 Å². The number of oxazole rings is 1. The number of fused-ring (bicyclic) bond motifs is 1. The molecule has 2 N–H and O–H groups in total. The number of carbonyl (C=O) groups is 1. The van der Waals surface area contributed by atoms with E-state index in [-0.39, 0.29) is 16.9 Å². The van der Waals surface area contributed by atoms with Crippen LogP contribution < -0.4 is 5.73 Å². The van der Waals surface area contributed by atoms with Crippen LogP contribution >= 0.6 is 0 Å². The lowest BCUT2D eigenvalue weighted by Gasteiger charge is -2.08. The molecule has 0 bridgehead atoms. The van der Waals surface area contributed by atoms with Gasteiger partial charge in [-0.15, -0.1) is 0 Å². The predicted molar refractivity (Wildman–Crippen MR) is 125 cm³/mol. The van der Waals surface area contributed by atoms with E-state index in [1.165, 1.54) is 17.9 Å². The van der Waals surface area contributed by atoms with E-state index >= 15 is 0 Å². The van der Waals surface area contributed by atoms with Gasteiger partial charge in [0.05, 0.1) is 18.4 Å². The summed E-state index contributed by atoms with van der Waals surface area (Å²) in [6, 6.07) is 25.4. The van der Waals surface area contributed by atoms with E-state index < -0.39 is 5.97 Å². The maximum atomic E-state index is 12.3. The van der Waals surface area contributed by atoms with Gasteiger partial charge in [0.25, 0.3) is 0 Å². The first-order valence-electron chi connectivity index (χ1n) is 10.1. The summed E-state index contributed by atoms with van der Waals surface area (Å²) in [5.74, 6) is -0.145. The Labute approximate surface area is 189 Å². The average Bonchev–Trinajstić information content (AvgIpc) is 3.44. The Kier molecular flexibility index (Phi) is 4.88. The highest BCUT2D eigenvalue weighted by Gasteiger charge is 2.22. The van der Waals surface area contributed by atoms with E-state index in [1.807, 2.05) is 48.5 Å². The molecule has 0 spiro atoms. The highest BCUT2D eigenvalue weighted by atomic mass is 16.5. The van der Waals surface area contributed by atoms with Crippen molar-refractivity contribution in [2.45, 2.75) is 0 Å². The number of carbonyl (C=O) groups excluding carboxylic acids is 1. The molecule has 160 valence electrons. The summed E-state index contributed by atoms with van der Waals surface area (Å²) in [4.78, 5) is 16.9. The van der Waals surface area contributed by atoms with Gasteiger partial charge in [-0.05, 0) is 41.5 Å². The number of anilines is 1. The van der Waals surface area contributed by atoms with Gasteiger partial charge in [0, 0.05) is 17.4 Å². The molecule has 33 heavy (non-hydrogen) atoms. The van der Waals surface area contributed by atoms with Crippen molar-refractivity contribution < 1.29 is 13.9 Å². The Morgan fingerprint density at radius 1 is 1.03 bits per heavy atom. The Morgan fingerprint density at radius 3 is 2.42 bits per heavy atom. The van der Waals surface area contributed by atoms with Crippen molar-refractivity contribution in [3.8, 4) is 34.3 Å². The zero-order valence-corrected chi connectivity index (χ0v) is 17.6. The highest BCUT2D eigenvalue weighted by molar-refractivity contribution is 5.96. The SMILES string of the molecule is COC(=O)c1c(N)c(C#N)cn1-c1ccc2oc(-c3ccc(-c4ccccc4)cc3)nc2c1. The van der Waals surface area contributed by atoms with E-state index in [4.69, 9.17) is 14.9 Å². The molecule has 0 radical (unpaired) electrons. The Hall–Kier alpha value is -4.83. The summed E-state index contributed by atoms with van der Waals surface area (Å²) >= 11 is 0. The number of aromatic nitrogens is 2. The van der Waals surface area contributed by atoms with E-state index in [1.54, 1.807) is 18.2 Å². The molecular formula is C26H18N4O3. The number of ether oxygens (including phenoxy) is 1. The average molecular weight is 434 g/mol. The maximum absolute atomic E-state index is 12.3. The summed E-state index contributed by atoms with van der Waals surface area (Å²) in [6.45, 7) is 0. The molecule has 0 aliphatic carbocycles. The number of nitrogens with zero attached hydrogens (tertiary/aromatic N) is 3. The molecule has 0 fully saturated rings. The number of rotatable bonds is 4. The molecule has 3 aromatic carbocycles. The van der Waals surface area contributed by atoms with Crippen molar-refractivity contribution in [2.75, 3.05) is 12.8 Å². The third kappa shape index (κ3) is 3.50. The predicted octanol–water partition coefficient (Wildman–Crippen LogP) is 5.19. The second-order valence-corrected chi connectivity index (χ2v) is 7.39. The summed E-state index contributed by atoms with van der Waals surface area (Å²) in [7, 11) is 1.27. The lowest BCUT2D eigenvalue weighted by Crippen LogP contribution is -2.11. The number of nitriles is 1. The molecule has 7 nitrogen and oxygen atoms in total. The van der Waals surface area contributed by atoms with Crippen molar-refractivity contribution in [1.82, 2.24) is 9.55 Å². The summed E-state index contributed by atoms with van der Waals surface area (Å²) < 4.78 is 12.3. The van der Waals surface area contributed by atoms with Gasteiger partial charge in [0.2, 0.25) is 5.89 Å². The molecule has 7 heteroatoms. The van der Waals surface area contributed by atoms with Crippen LogP contribution in [0.25, 0.3) is 39.4 Å². The first kappa shape index (κ1) is 20.1. The van der Waals surface area contributed by atoms with Crippen LogP contribution in [-0.4, -0.2) is 22.6 Å². The maximum Gasteiger partial charge on any atom is 0.357 e. The quantitative estimate of drug-likeness (QED) is 0.390. The first-order chi connectivity index (χ1) is 16.1.